The zero-order valence-electron chi connectivity index (χ0n) is 13.8. The Morgan fingerprint density at radius 2 is 1.65 bits per heavy atom. The fourth-order valence-corrected chi connectivity index (χ4v) is 3.10. The van der Waals surface area contributed by atoms with Crippen LogP contribution in [0.15, 0.2) is 92.5 Å². The highest BCUT2D eigenvalue weighted by atomic mass is 79.9. The van der Waals surface area contributed by atoms with Crippen molar-refractivity contribution < 1.29 is 9.15 Å². The molecule has 0 saturated heterocycles. The third-order valence-electron chi connectivity index (χ3n) is 4.12. The van der Waals surface area contributed by atoms with Gasteiger partial charge in [-0.15, -0.1) is 0 Å². The molecule has 4 heteroatoms. The van der Waals surface area contributed by atoms with Crippen LogP contribution in [0.3, 0.4) is 0 Å². The maximum atomic E-state index is 12.0. The van der Waals surface area contributed by atoms with Crippen LogP contribution in [0.1, 0.15) is 5.56 Å². The first kappa shape index (κ1) is 16.6. The fourth-order valence-electron chi connectivity index (χ4n) is 2.84. The van der Waals surface area contributed by atoms with E-state index in [1.807, 2.05) is 66.7 Å². The molecule has 4 rings (SSSR count). The van der Waals surface area contributed by atoms with E-state index in [4.69, 9.17) is 9.15 Å². The number of hydrogen-bond acceptors (Lipinski definition) is 3. The highest BCUT2D eigenvalue weighted by Gasteiger charge is 2.09. The molecule has 0 aliphatic rings. The predicted octanol–water partition coefficient (Wildman–Crippen LogP) is 5.80. The van der Waals surface area contributed by atoms with Crippen molar-refractivity contribution in [2.24, 2.45) is 0 Å². The topological polar surface area (TPSA) is 39.4 Å². The highest BCUT2D eigenvalue weighted by molar-refractivity contribution is 9.10. The second-order valence-electron chi connectivity index (χ2n) is 5.92. The summed E-state index contributed by atoms with van der Waals surface area (Å²) in [6.45, 7) is 0.446. The molecule has 1 aromatic heterocycles. The molecule has 3 nitrogen and oxygen atoms in total. The van der Waals surface area contributed by atoms with Gasteiger partial charge in [0.15, 0.2) is 0 Å². The van der Waals surface area contributed by atoms with Crippen LogP contribution in [-0.2, 0) is 6.61 Å². The number of hydrogen-bond donors (Lipinski definition) is 0. The fraction of sp³-hybridized carbons (Fsp3) is 0.0455. The molecule has 128 valence electrons. The Balaban J connectivity index is 1.67. The van der Waals surface area contributed by atoms with Crippen molar-refractivity contribution in [3.05, 3.63) is 99.3 Å². The summed E-state index contributed by atoms with van der Waals surface area (Å²) in [6.07, 6.45) is 0. The lowest BCUT2D eigenvalue weighted by atomic mass is 10.0. The average molecular weight is 407 g/mol. The van der Waals surface area contributed by atoms with Crippen molar-refractivity contribution in [2.45, 2.75) is 6.61 Å². The molecule has 26 heavy (non-hydrogen) atoms. The summed E-state index contributed by atoms with van der Waals surface area (Å²) in [4.78, 5) is 12.0. The van der Waals surface area contributed by atoms with E-state index in [1.54, 1.807) is 6.07 Å². The third-order valence-corrected chi connectivity index (χ3v) is 4.65. The molecule has 0 aliphatic heterocycles. The molecule has 0 N–H and O–H groups in total. The third kappa shape index (κ3) is 3.55. The number of rotatable bonds is 4. The number of fused-ring (bicyclic) bond motifs is 1. The summed E-state index contributed by atoms with van der Waals surface area (Å²) >= 11 is 3.42. The molecular formula is C22H15BrO3. The maximum Gasteiger partial charge on any atom is 0.336 e. The Labute approximate surface area is 159 Å². The molecule has 0 aliphatic carbocycles. The predicted molar refractivity (Wildman–Crippen MR) is 106 cm³/mol. The molecule has 0 fully saturated rings. The minimum Gasteiger partial charge on any atom is -0.489 e. The van der Waals surface area contributed by atoms with Gasteiger partial charge in [0.1, 0.15) is 17.9 Å². The standard InChI is InChI=1S/C22H15BrO3/c23-17-8-6-15(7-9-17)14-25-18-10-11-19-20(16-4-2-1-3-5-16)13-22(24)26-21(19)12-18/h1-13H,14H2. The van der Waals surface area contributed by atoms with E-state index in [0.717, 1.165) is 26.5 Å². The van der Waals surface area contributed by atoms with Gasteiger partial charge in [0.05, 0.1) is 0 Å². The van der Waals surface area contributed by atoms with Gasteiger partial charge in [0.2, 0.25) is 0 Å². The minimum absolute atomic E-state index is 0.374. The van der Waals surface area contributed by atoms with E-state index in [2.05, 4.69) is 15.9 Å². The highest BCUT2D eigenvalue weighted by Crippen LogP contribution is 2.29. The molecule has 3 aromatic carbocycles. The first-order valence-electron chi connectivity index (χ1n) is 8.20. The smallest absolute Gasteiger partial charge is 0.336 e. The van der Waals surface area contributed by atoms with Crippen molar-refractivity contribution in [2.75, 3.05) is 0 Å². The van der Waals surface area contributed by atoms with Gasteiger partial charge >= 0.3 is 5.63 Å². The van der Waals surface area contributed by atoms with E-state index in [9.17, 15) is 4.79 Å². The molecule has 0 bridgehead atoms. The molecule has 0 unspecified atom stereocenters. The molecular weight excluding hydrogens is 392 g/mol. The van der Waals surface area contributed by atoms with Gasteiger partial charge in [-0.25, -0.2) is 4.79 Å². The number of benzene rings is 3. The Kier molecular flexibility index (Phi) is 4.59. The molecule has 0 radical (unpaired) electrons. The van der Waals surface area contributed by atoms with Gasteiger partial charge in [-0.1, -0.05) is 58.4 Å². The summed E-state index contributed by atoms with van der Waals surface area (Å²) in [6, 6.07) is 24.9. The summed E-state index contributed by atoms with van der Waals surface area (Å²) < 4.78 is 12.3. The zero-order chi connectivity index (χ0) is 17.9. The van der Waals surface area contributed by atoms with Crippen molar-refractivity contribution >= 4 is 26.9 Å². The average Bonchev–Trinajstić information content (AvgIpc) is 2.67. The lowest BCUT2D eigenvalue weighted by molar-refractivity contribution is 0.306. The summed E-state index contributed by atoms with van der Waals surface area (Å²) in [5.74, 6) is 0.661. The van der Waals surface area contributed by atoms with Gasteiger partial charge in [-0.05, 0) is 41.0 Å². The van der Waals surface area contributed by atoms with Gasteiger partial charge in [0, 0.05) is 22.0 Å². The van der Waals surface area contributed by atoms with Gasteiger partial charge in [0.25, 0.3) is 0 Å². The van der Waals surface area contributed by atoms with E-state index in [1.165, 1.54) is 6.07 Å². The number of ether oxygens (including phenoxy) is 1. The van der Waals surface area contributed by atoms with Crippen LogP contribution in [-0.4, -0.2) is 0 Å². The molecule has 0 atom stereocenters. The van der Waals surface area contributed by atoms with Crippen molar-refractivity contribution in [3.63, 3.8) is 0 Å². The lowest BCUT2D eigenvalue weighted by Crippen LogP contribution is -1.99. The van der Waals surface area contributed by atoms with Crippen molar-refractivity contribution in [3.8, 4) is 16.9 Å². The van der Waals surface area contributed by atoms with E-state index in [-0.39, 0.29) is 5.63 Å². The van der Waals surface area contributed by atoms with Crippen molar-refractivity contribution in [1.29, 1.82) is 0 Å². The van der Waals surface area contributed by atoms with Crippen LogP contribution >= 0.6 is 15.9 Å². The Bertz CT molecular complexity index is 1100. The van der Waals surface area contributed by atoms with Crippen molar-refractivity contribution in [1.82, 2.24) is 0 Å². The van der Waals surface area contributed by atoms with E-state index < -0.39 is 0 Å². The molecule has 0 amide bonds. The Morgan fingerprint density at radius 1 is 0.885 bits per heavy atom. The molecule has 0 saturated carbocycles. The normalized spacial score (nSPS) is 10.8. The maximum absolute atomic E-state index is 12.0. The molecule has 1 heterocycles. The molecule has 0 spiro atoms. The minimum atomic E-state index is -0.374. The van der Waals surface area contributed by atoms with Gasteiger partial charge in [-0.3, -0.25) is 0 Å². The summed E-state index contributed by atoms with van der Waals surface area (Å²) in [5.41, 5.74) is 3.05. The summed E-state index contributed by atoms with van der Waals surface area (Å²) in [5, 5.41) is 0.881. The van der Waals surface area contributed by atoms with Crippen LogP contribution in [0.4, 0.5) is 0 Å². The zero-order valence-corrected chi connectivity index (χ0v) is 15.4. The first-order chi connectivity index (χ1) is 12.7. The van der Waals surface area contributed by atoms with Crippen LogP contribution < -0.4 is 10.4 Å². The van der Waals surface area contributed by atoms with Gasteiger partial charge in [-0.2, -0.15) is 0 Å². The van der Waals surface area contributed by atoms with Crippen LogP contribution in [0.2, 0.25) is 0 Å². The van der Waals surface area contributed by atoms with Crippen LogP contribution in [0.5, 0.6) is 5.75 Å². The first-order valence-corrected chi connectivity index (χ1v) is 8.99. The second-order valence-corrected chi connectivity index (χ2v) is 6.83. The summed E-state index contributed by atoms with van der Waals surface area (Å²) in [7, 11) is 0. The second kappa shape index (κ2) is 7.18. The lowest BCUT2D eigenvalue weighted by Gasteiger charge is -2.09. The SMILES string of the molecule is O=c1cc(-c2ccccc2)c2ccc(OCc3ccc(Br)cc3)cc2o1. The Hall–Kier alpha value is -2.85. The molecule has 4 aromatic rings. The van der Waals surface area contributed by atoms with Crippen LogP contribution in [0, 0.1) is 0 Å². The van der Waals surface area contributed by atoms with E-state index in [0.29, 0.717) is 17.9 Å². The van der Waals surface area contributed by atoms with E-state index >= 15 is 0 Å². The largest absolute Gasteiger partial charge is 0.489 e. The Morgan fingerprint density at radius 3 is 2.42 bits per heavy atom. The van der Waals surface area contributed by atoms with Gasteiger partial charge < -0.3 is 9.15 Å². The quantitative estimate of drug-likeness (QED) is 0.402. The number of halogens is 1. The van der Waals surface area contributed by atoms with Crippen LogP contribution in [0.25, 0.3) is 22.1 Å². The monoisotopic (exact) mass is 406 g/mol.